The summed E-state index contributed by atoms with van der Waals surface area (Å²) in [6.07, 6.45) is 6.59. The van der Waals surface area contributed by atoms with E-state index in [0.29, 0.717) is 48.0 Å². The minimum absolute atomic E-state index is 0. The molecule has 0 aliphatic heterocycles. The Morgan fingerprint density at radius 1 is 0.614 bits per heavy atom. The highest BCUT2D eigenvalue weighted by molar-refractivity contribution is 6.30. The summed E-state index contributed by atoms with van der Waals surface area (Å²) in [7, 11) is 0. The Kier molecular flexibility index (Phi) is 18.3. The van der Waals surface area contributed by atoms with Gasteiger partial charge in [-0.1, -0.05) is 115 Å². The number of aliphatic carboxylic acids is 1. The monoisotopic (exact) mass is 991 g/mol. The molecule has 2 aromatic heterocycles. The highest BCUT2D eigenvalue weighted by atomic mass is 35.5. The number of benzene rings is 4. The largest absolute Gasteiger partial charge is 0.481 e. The molecule has 2 aliphatic rings. The van der Waals surface area contributed by atoms with Crippen molar-refractivity contribution >= 4 is 68.5 Å². The minimum Gasteiger partial charge on any atom is -0.481 e. The molecule has 6 aromatic rings. The van der Waals surface area contributed by atoms with Crippen molar-refractivity contribution in [1.29, 1.82) is 0 Å². The first-order chi connectivity index (χ1) is 32.2. The number of carbonyl (C=O) groups excluding carboxylic acids is 3. The number of hydrogen-bond donors (Lipinski definition) is 1. The van der Waals surface area contributed by atoms with Crippen molar-refractivity contribution in [2.45, 2.75) is 153 Å². The van der Waals surface area contributed by atoms with E-state index in [2.05, 4.69) is 73.2 Å². The number of Topliss-reactive ketones (excluding diaryl/α,β-unsaturated/α-hetero) is 2. The van der Waals surface area contributed by atoms with Crippen LogP contribution in [0.4, 0.5) is 0 Å². The molecule has 376 valence electrons. The van der Waals surface area contributed by atoms with Crippen LogP contribution < -0.4 is 0 Å². The first kappa shape index (κ1) is 55.7. The molecule has 2 aliphatic carbocycles. The number of rotatable bonds is 17. The maximum atomic E-state index is 13.9. The zero-order valence-electron chi connectivity index (χ0n) is 41.3. The van der Waals surface area contributed by atoms with Crippen molar-refractivity contribution in [2.75, 3.05) is 6.61 Å². The van der Waals surface area contributed by atoms with Gasteiger partial charge in [-0.05, 0) is 143 Å². The molecule has 70 heavy (non-hydrogen) atoms. The summed E-state index contributed by atoms with van der Waals surface area (Å²) in [5.74, 6) is 0.0594. The molecule has 0 bridgehead atoms. The second kappa shape index (κ2) is 22.9. The zero-order valence-corrected chi connectivity index (χ0v) is 42.8. The topological polar surface area (TPSA) is 108 Å². The van der Waals surface area contributed by atoms with E-state index >= 15 is 0 Å². The predicted molar refractivity (Wildman–Crippen MR) is 289 cm³/mol. The molecule has 8 rings (SSSR count). The molecule has 8 nitrogen and oxygen atoms in total. The molecular weight excluding hydrogens is 916 g/mol. The third-order valence-electron chi connectivity index (χ3n) is 14.3. The van der Waals surface area contributed by atoms with Gasteiger partial charge < -0.3 is 19.0 Å². The van der Waals surface area contributed by atoms with E-state index in [1.54, 1.807) is 13.8 Å². The number of aromatic nitrogens is 2. The second-order valence-corrected chi connectivity index (χ2v) is 21.9. The van der Waals surface area contributed by atoms with E-state index in [1.807, 2.05) is 69.3 Å². The van der Waals surface area contributed by atoms with Crippen LogP contribution in [0.25, 0.3) is 21.8 Å². The van der Waals surface area contributed by atoms with E-state index in [-0.39, 0.29) is 50.6 Å². The number of carboxylic acid groups (broad SMARTS) is 1. The van der Waals surface area contributed by atoms with Gasteiger partial charge in [0.25, 0.3) is 0 Å². The molecule has 10 heteroatoms. The number of nitrogens with zero attached hydrogens (tertiary/aromatic N) is 2. The Morgan fingerprint density at radius 3 is 1.30 bits per heavy atom. The third-order valence-corrected chi connectivity index (χ3v) is 14.8. The van der Waals surface area contributed by atoms with E-state index in [1.165, 1.54) is 11.1 Å². The average molecular weight is 992 g/mol. The normalized spacial score (nSPS) is 14.1. The SMILES string of the molecule is C.C.CC(C)c1ccc2c(c1)c(C(=O)C1CCC1)c(CC(C)(C)C(=O)O)n2Cc1ccc(Cl)cc1.CCOC(=O)C(C)(C)Cc1c(C(=O)C2CCC2)c2cc(C(C)C)ccc2n1Cc1ccc(Cl)cc1. The fourth-order valence-corrected chi connectivity index (χ4v) is 9.70. The lowest BCUT2D eigenvalue weighted by Gasteiger charge is -2.27. The van der Waals surface area contributed by atoms with Crippen LogP contribution >= 0.6 is 23.2 Å². The third kappa shape index (κ3) is 11.9. The summed E-state index contributed by atoms with van der Waals surface area (Å²) in [6, 6.07) is 28.3. The Morgan fingerprint density at radius 2 is 0.986 bits per heavy atom. The maximum Gasteiger partial charge on any atom is 0.311 e. The van der Waals surface area contributed by atoms with Gasteiger partial charge in [-0.3, -0.25) is 19.2 Å². The van der Waals surface area contributed by atoms with Gasteiger partial charge >= 0.3 is 11.9 Å². The zero-order chi connectivity index (χ0) is 49.2. The summed E-state index contributed by atoms with van der Waals surface area (Å²) >= 11 is 12.2. The number of hydrogen-bond acceptors (Lipinski definition) is 5. The summed E-state index contributed by atoms with van der Waals surface area (Å²) in [6.45, 7) is 19.2. The van der Waals surface area contributed by atoms with Gasteiger partial charge in [0.2, 0.25) is 0 Å². The molecule has 4 aromatic carbocycles. The van der Waals surface area contributed by atoms with E-state index in [9.17, 15) is 24.3 Å². The van der Waals surface area contributed by atoms with Gasteiger partial charge in [-0.15, -0.1) is 0 Å². The van der Waals surface area contributed by atoms with Crippen molar-refractivity contribution in [1.82, 2.24) is 9.13 Å². The lowest BCUT2D eigenvalue weighted by molar-refractivity contribution is -0.153. The number of halogens is 2. The van der Waals surface area contributed by atoms with Crippen LogP contribution in [0.1, 0.15) is 182 Å². The van der Waals surface area contributed by atoms with Crippen molar-refractivity contribution < 1.29 is 29.0 Å². The maximum absolute atomic E-state index is 13.9. The molecule has 0 saturated heterocycles. The van der Waals surface area contributed by atoms with Crippen LogP contribution in [0.3, 0.4) is 0 Å². The lowest BCUT2D eigenvalue weighted by Crippen LogP contribution is -2.31. The molecule has 1 N–H and O–H groups in total. The van der Waals surface area contributed by atoms with Crippen LogP contribution in [0.2, 0.25) is 10.0 Å². The smallest absolute Gasteiger partial charge is 0.311 e. The Hall–Kier alpha value is -5.18. The molecular formula is C60H76Cl2N2O6. The van der Waals surface area contributed by atoms with Gasteiger partial charge in [-0.25, -0.2) is 0 Å². The molecule has 2 heterocycles. The fourth-order valence-electron chi connectivity index (χ4n) is 9.45. The van der Waals surface area contributed by atoms with Gasteiger partial charge in [0, 0.05) is 92.1 Å². The molecule has 2 saturated carbocycles. The first-order valence-corrected chi connectivity index (χ1v) is 25.2. The quantitative estimate of drug-likeness (QED) is 0.0720. The van der Waals surface area contributed by atoms with E-state index < -0.39 is 16.8 Å². The summed E-state index contributed by atoms with van der Waals surface area (Å²) in [5, 5.41) is 13.2. The van der Waals surface area contributed by atoms with Gasteiger partial charge in [0.15, 0.2) is 11.6 Å². The van der Waals surface area contributed by atoms with E-state index in [0.717, 1.165) is 94.0 Å². The van der Waals surface area contributed by atoms with Gasteiger partial charge in [-0.2, -0.15) is 0 Å². The Balaban J connectivity index is 0.000000254. The van der Waals surface area contributed by atoms with Crippen LogP contribution in [-0.4, -0.2) is 44.4 Å². The van der Waals surface area contributed by atoms with Gasteiger partial charge in [0.05, 0.1) is 17.4 Å². The van der Waals surface area contributed by atoms with E-state index in [4.69, 9.17) is 27.9 Å². The number of carbonyl (C=O) groups is 4. The van der Waals surface area contributed by atoms with Crippen LogP contribution in [0.5, 0.6) is 0 Å². The summed E-state index contributed by atoms with van der Waals surface area (Å²) in [4.78, 5) is 52.6. The Labute approximate surface area is 427 Å². The van der Waals surface area contributed by atoms with Crippen molar-refractivity contribution in [3.63, 3.8) is 0 Å². The van der Waals surface area contributed by atoms with Crippen LogP contribution in [0.15, 0.2) is 84.9 Å². The predicted octanol–water partition coefficient (Wildman–Crippen LogP) is 16.0. The standard InChI is InChI=1S/C30H36ClNO3.C28H32ClNO3.2CH4/c1-6-35-29(34)30(4,5)17-26-27(28(33)21-8-7-9-21)24-16-22(19(2)3)12-15-25(24)32(26)18-20-10-13-23(31)14-11-20;1-17(2)20-10-13-23-22(14-20)25(26(31)19-6-5-7-19)24(15-28(3,4)27(32)33)30(23)16-18-8-11-21(29)12-9-18;;/h10-16,19,21H,6-9,17-18H2,1-5H3;8-14,17,19H,5-7,15-16H2,1-4H3,(H,32,33);2*1H4. The molecule has 0 amide bonds. The molecule has 0 radical (unpaired) electrons. The van der Waals surface area contributed by atoms with Crippen molar-refractivity contribution in [3.05, 3.63) is 140 Å². The van der Waals surface area contributed by atoms with Crippen molar-refractivity contribution in [3.8, 4) is 0 Å². The minimum atomic E-state index is -0.998. The molecule has 0 unspecified atom stereocenters. The number of carboxylic acids is 1. The number of esters is 1. The lowest BCUT2D eigenvalue weighted by atomic mass is 9.77. The highest BCUT2D eigenvalue weighted by Crippen LogP contribution is 2.41. The van der Waals surface area contributed by atoms with Gasteiger partial charge in [0.1, 0.15) is 0 Å². The first-order valence-electron chi connectivity index (χ1n) is 24.5. The number of ketones is 2. The van der Waals surface area contributed by atoms with Crippen molar-refractivity contribution in [2.24, 2.45) is 22.7 Å². The fraction of sp³-hybridized carbons (Fsp3) is 0.467. The molecule has 2 fully saturated rings. The number of ether oxygens (including phenoxy) is 1. The van der Waals surface area contributed by atoms with Crippen LogP contribution in [-0.2, 0) is 40.3 Å². The molecule has 0 spiro atoms. The Bertz CT molecular complexity index is 2820. The molecule has 0 atom stereocenters. The average Bonchev–Trinajstić information content (AvgIpc) is 3.70. The highest BCUT2D eigenvalue weighted by Gasteiger charge is 2.38. The summed E-state index contributed by atoms with van der Waals surface area (Å²) < 4.78 is 9.79. The van der Waals surface area contributed by atoms with Crippen LogP contribution in [0, 0.1) is 22.7 Å². The number of fused-ring (bicyclic) bond motifs is 2. The second-order valence-electron chi connectivity index (χ2n) is 21.1. The summed E-state index contributed by atoms with van der Waals surface area (Å²) in [5.41, 5.74) is 8.04.